The predicted molar refractivity (Wildman–Crippen MR) is 110 cm³/mol. The van der Waals surface area contributed by atoms with E-state index in [-0.39, 0.29) is 12.7 Å². The molecule has 0 bridgehead atoms. The highest BCUT2D eigenvalue weighted by Crippen LogP contribution is 2.28. The Morgan fingerprint density at radius 2 is 2.07 bits per heavy atom. The topological polar surface area (TPSA) is 80.8 Å². The van der Waals surface area contributed by atoms with Gasteiger partial charge in [0.1, 0.15) is 13.2 Å². The number of halogens is 1. The lowest BCUT2D eigenvalue weighted by molar-refractivity contribution is 0.0478. The summed E-state index contributed by atoms with van der Waals surface area (Å²) in [5.41, 5.74) is 2.56. The molecule has 1 aliphatic rings. The lowest BCUT2D eigenvalue weighted by atomic mass is 10.1. The standard InChI is InChI=1S/C21H18ClN3O4/c22-14-5-6-15-18(7-8-23-19(15)13-14)24-17-4-2-1-3-16(17)20(26)28-11-9-25-10-12-29-21(25)27/h1-8,13H,9-12H2,(H,23,24). The number of amides is 1. The number of hydrogen-bond donors (Lipinski definition) is 1. The van der Waals surface area contributed by atoms with Crippen molar-refractivity contribution in [3.8, 4) is 0 Å². The normalized spacial score (nSPS) is 13.4. The second-order valence-electron chi connectivity index (χ2n) is 6.43. The van der Waals surface area contributed by atoms with E-state index in [1.54, 1.807) is 36.5 Å². The fourth-order valence-corrected chi connectivity index (χ4v) is 3.27. The first-order valence-electron chi connectivity index (χ1n) is 9.11. The highest BCUT2D eigenvalue weighted by molar-refractivity contribution is 6.31. The lowest BCUT2D eigenvalue weighted by Gasteiger charge is -2.15. The molecular weight excluding hydrogens is 394 g/mol. The van der Waals surface area contributed by atoms with E-state index in [9.17, 15) is 9.59 Å². The first kappa shape index (κ1) is 19.0. The molecule has 0 radical (unpaired) electrons. The molecule has 0 atom stereocenters. The van der Waals surface area contributed by atoms with Crippen LogP contribution in [0.3, 0.4) is 0 Å². The summed E-state index contributed by atoms with van der Waals surface area (Å²) in [5, 5.41) is 4.77. The predicted octanol–water partition coefficient (Wildman–Crippen LogP) is 4.24. The van der Waals surface area contributed by atoms with Crippen molar-refractivity contribution in [2.45, 2.75) is 0 Å². The number of benzene rings is 2. The molecule has 1 fully saturated rings. The number of nitrogens with one attached hydrogen (secondary N) is 1. The van der Waals surface area contributed by atoms with Crippen LogP contribution >= 0.6 is 11.6 Å². The number of fused-ring (bicyclic) bond motifs is 1. The molecule has 1 saturated heterocycles. The van der Waals surface area contributed by atoms with Crippen molar-refractivity contribution in [2.24, 2.45) is 0 Å². The summed E-state index contributed by atoms with van der Waals surface area (Å²) < 4.78 is 10.2. The van der Waals surface area contributed by atoms with E-state index < -0.39 is 5.97 Å². The van der Waals surface area contributed by atoms with E-state index in [2.05, 4.69) is 10.3 Å². The quantitative estimate of drug-likeness (QED) is 0.611. The number of esters is 1. The number of nitrogens with zero attached hydrogens (tertiary/aromatic N) is 2. The summed E-state index contributed by atoms with van der Waals surface area (Å²) in [6, 6.07) is 14.4. The zero-order chi connectivity index (χ0) is 20.2. The summed E-state index contributed by atoms with van der Waals surface area (Å²) in [7, 11) is 0. The Balaban J connectivity index is 1.50. The third-order valence-corrected chi connectivity index (χ3v) is 4.80. The van der Waals surface area contributed by atoms with E-state index in [1.807, 2.05) is 18.2 Å². The SMILES string of the molecule is O=C(OCCN1CCOC1=O)c1ccccc1Nc1ccnc2cc(Cl)ccc12. The maximum Gasteiger partial charge on any atom is 0.410 e. The number of rotatable bonds is 6. The minimum atomic E-state index is -0.470. The summed E-state index contributed by atoms with van der Waals surface area (Å²) in [6.07, 6.45) is 1.30. The van der Waals surface area contributed by atoms with Crippen molar-refractivity contribution < 1.29 is 19.1 Å². The Labute approximate surface area is 172 Å². The molecule has 1 aliphatic heterocycles. The number of para-hydroxylation sites is 1. The molecule has 0 unspecified atom stereocenters. The molecule has 3 aromatic rings. The summed E-state index contributed by atoms with van der Waals surface area (Å²) in [5.74, 6) is -0.470. The lowest BCUT2D eigenvalue weighted by Crippen LogP contribution is -2.29. The van der Waals surface area contributed by atoms with E-state index in [1.165, 1.54) is 4.90 Å². The Hall–Kier alpha value is -3.32. The average molecular weight is 412 g/mol. The highest BCUT2D eigenvalue weighted by Gasteiger charge is 2.22. The fraction of sp³-hybridized carbons (Fsp3) is 0.190. The minimum Gasteiger partial charge on any atom is -0.460 e. The third kappa shape index (κ3) is 4.25. The molecule has 7 nitrogen and oxygen atoms in total. The first-order valence-corrected chi connectivity index (χ1v) is 9.49. The Morgan fingerprint density at radius 3 is 2.90 bits per heavy atom. The van der Waals surface area contributed by atoms with Gasteiger partial charge in [0.25, 0.3) is 0 Å². The molecule has 1 amide bonds. The zero-order valence-corrected chi connectivity index (χ0v) is 16.2. The largest absolute Gasteiger partial charge is 0.460 e. The number of carbonyl (C=O) groups excluding carboxylic acids is 2. The molecule has 4 rings (SSSR count). The number of cyclic esters (lactones) is 1. The number of carbonyl (C=O) groups is 2. The first-order chi connectivity index (χ1) is 14.1. The Bertz CT molecular complexity index is 1070. The van der Waals surface area contributed by atoms with Crippen molar-refractivity contribution in [3.05, 3.63) is 65.3 Å². The molecule has 8 heteroatoms. The minimum absolute atomic E-state index is 0.0962. The van der Waals surface area contributed by atoms with Crippen LogP contribution in [0.4, 0.5) is 16.2 Å². The number of anilines is 2. The van der Waals surface area contributed by atoms with Gasteiger partial charge in [-0.3, -0.25) is 4.98 Å². The van der Waals surface area contributed by atoms with Gasteiger partial charge in [-0.15, -0.1) is 0 Å². The van der Waals surface area contributed by atoms with Crippen LogP contribution in [-0.2, 0) is 9.47 Å². The molecule has 1 aromatic heterocycles. The van der Waals surface area contributed by atoms with Crippen molar-refractivity contribution in [1.29, 1.82) is 0 Å². The van der Waals surface area contributed by atoms with Gasteiger partial charge in [0.05, 0.1) is 29.9 Å². The molecule has 0 spiro atoms. The third-order valence-electron chi connectivity index (χ3n) is 4.56. The van der Waals surface area contributed by atoms with Crippen LogP contribution in [0.1, 0.15) is 10.4 Å². The summed E-state index contributed by atoms with van der Waals surface area (Å²) >= 11 is 6.05. The highest BCUT2D eigenvalue weighted by atomic mass is 35.5. The van der Waals surface area contributed by atoms with E-state index >= 15 is 0 Å². The molecule has 29 heavy (non-hydrogen) atoms. The van der Waals surface area contributed by atoms with Crippen molar-refractivity contribution in [2.75, 3.05) is 31.6 Å². The van der Waals surface area contributed by atoms with Crippen molar-refractivity contribution in [3.63, 3.8) is 0 Å². The van der Waals surface area contributed by atoms with Gasteiger partial charge in [-0.2, -0.15) is 0 Å². The number of pyridine rings is 1. The molecule has 2 heterocycles. The second-order valence-corrected chi connectivity index (χ2v) is 6.86. The fourth-order valence-electron chi connectivity index (χ4n) is 3.10. The van der Waals surface area contributed by atoms with Crippen LogP contribution in [-0.4, -0.2) is 48.2 Å². The smallest absolute Gasteiger partial charge is 0.410 e. The number of ether oxygens (including phenoxy) is 2. The maximum absolute atomic E-state index is 12.6. The van der Waals surface area contributed by atoms with Crippen LogP contribution in [0.2, 0.25) is 5.02 Å². The van der Waals surface area contributed by atoms with Gasteiger partial charge in [-0.1, -0.05) is 23.7 Å². The van der Waals surface area contributed by atoms with Crippen LogP contribution in [0.25, 0.3) is 10.9 Å². The molecule has 2 aromatic carbocycles. The second kappa shape index (κ2) is 8.36. The van der Waals surface area contributed by atoms with Crippen LogP contribution in [0.15, 0.2) is 54.7 Å². The average Bonchev–Trinajstić information content (AvgIpc) is 3.13. The molecular formula is C21H18ClN3O4. The van der Waals surface area contributed by atoms with Gasteiger partial charge in [-0.25, -0.2) is 9.59 Å². The van der Waals surface area contributed by atoms with Gasteiger partial charge in [0.15, 0.2) is 0 Å². The van der Waals surface area contributed by atoms with Gasteiger partial charge < -0.3 is 19.7 Å². The van der Waals surface area contributed by atoms with E-state index in [0.717, 1.165) is 16.6 Å². The summed E-state index contributed by atoms with van der Waals surface area (Å²) in [4.78, 5) is 29.9. The van der Waals surface area contributed by atoms with Crippen LogP contribution < -0.4 is 5.32 Å². The van der Waals surface area contributed by atoms with Gasteiger partial charge in [0.2, 0.25) is 0 Å². The summed E-state index contributed by atoms with van der Waals surface area (Å²) in [6.45, 7) is 1.27. The van der Waals surface area contributed by atoms with Crippen LogP contribution in [0.5, 0.6) is 0 Å². The Morgan fingerprint density at radius 1 is 1.21 bits per heavy atom. The van der Waals surface area contributed by atoms with Gasteiger partial charge in [-0.05, 0) is 36.4 Å². The molecule has 0 saturated carbocycles. The zero-order valence-electron chi connectivity index (χ0n) is 15.4. The molecule has 148 valence electrons. The number of hydrogen-bond acceptors (Lipinski definition) is 6. The molecule has 1 N–H and O–H groups in total. The van der Waals surface area contributed by atoms with Gasteiger partial charge in [0, 0.05) is 22.3 Å². The van der Waals surface area contributed by atoms with E-state index in [0.29, 0.717) is 36.0 Å². The maximum atomic E-state index is 12.6. The number of aromatic nitrogens is 1. The van der Waals surface area contributed by atoms with Crippen molar-refractivity contribution >= 4 is 45.9 Å². The Kier molecular flexibility index (Phi) is 5.48. The van der Waals surface area contributed by atoms with Crippen molar-refractivity contribution in [1.82, 2.24) is 9.88 Å². The van der Waals surface area contributed by atoms with E-state index in [4.69, 9.17) is 21.1 Å². The monoisotopic (exact) mass is 411 g/mol. The molecule has 0 aliphatic carbocycles. The van der Waals surface area contributed by atoms with Crippen LogP contribution in [0, 0.1) is 0 Å². The van der Waals surface area contributed by atoms with Gasteiger partial charge >= 0.3 is 12.1 Å².